The Kier molecular flexibility index (Phi) is 3.95. The van der Waals surface area contributed by atoms with Crippen molar-refractivity contribution in [2.45, 2.75) is 31.4 Å². The molecule has 0 aliphatic heterocycles. The van der Waals surface area contributed by atoms with E-state index in [4.69, 9.17) is 10.00 Å². The Morgan fingerprint density at radius 3 is 2.55 bits per heavy atom. The van der Waals surface area contributed by atoms with Gasteiger partial charge in [0.05, 0.1) is 6.10 Å². The molecule has 0 spiro atoms. The van der Waals surface area contributed by atoms with Crippen LogP contribution in [0.1, 0.15) is 24.8 Å². The van der Waals surface area contributed by atoms with Gasteiger partial charge in [0, 0.05) is 27.2 Å². The van der Waals surface area contributed by atoms with Crippen molar-refractivity contribution in [3.63, 3.8) is 0 Å². The molecule has 20 heavy (non-hydrogen) atoms. The Hall–Kier alpha value is -2.07. The molecule has 1 aliphatic rings. The highest BCUT2D eigenvalue weighted by molar-refractivity contribution is 5.51. The summed E-state index contributed by atoms with van der Waals surface area (Å²) in [6, 6.07) is 1.99. The summed E-state index contributed by atoms with van der Waals surface area (Å²) in [4.78, 5) is 23.9. The molecule has 1 fully saturated rings. The molecule has 7 nitrogen and oxygen atoms in total. The summed E-state index contributed by atoms with van der Waals surface area (Å²) in [5.74, 6) is 0.294. The molecular formula is C13H18N4O3. The molecule has 1 N–H and O–H groups in total. The number of ether oxygens (including phenoxy) is 1. The highest BCUT2D eigenvalue weighted by atomic mass is 16.5. The van der Waals surface area contributed by atoms with Gasteiger partial charge in [-0.3, -0.25) is 13.9 Å². The van der Waals surface area contributed by atoms with Gasteiger partial charge in [-0.25, -0.2) is 4.79 Å². The summed E-state index contributed by atoms with van der Waals surface area (Å²) in [5.41, 5.74) is -1.05. The van der Waals surface area contributed by atoms with E-state index in [1.165, 1.54) is 11.6 Å². The molecule has 2 rings (SSSR count). The van der Waals surface area contributed by atoms with Crippen LogP contribution in [0.2, 0.25) is 0 Å². The van der Waals surface area contributed by atoms with E-state index in [0.29, 0.717) is 5.82 Å². The minimum atomic E-state index is -0.570. The van der Waals surface area contributed by atoms with Crippen molar-refractivity contribution >= 4 is 5.82 Å². The summed E-state index contributed by atoms with van der Waals surface area (Å²) in [6.45, 7) is 0. The van der Waals surface area contributed by atoms with Gasteiger partial charge < -0.3 is 10.1 Å². The van der Waals surface area contributed by atoms with Crippen LogP contribution < -0.4 is 16.6 Å². The van der Waals surface area contributed by atoms with E-state index in [1.54, 1.807) is 14.2 Å². The van der Waals surface area contributed by atoms with Crippen LogP contribution >= 0.6 is 0 Å². The molecule has 7 heteroatoms. The summed E-state index contributed by atoms with van der Waals surface area (Å²) in [6.07, 6.45) is 2.79. The second kappa shape index (κ2) is 5.51. The van der Waals surface area contributed by atoms with Crippen molar-refractivity contribution in [2.75, 3.05) is 12.4 Å². The van der Waals surface area contributed by atoms with Gasteiger partial charge >= 0.3 is 5.69 Å². The number of rotatable bonds is 3. The number of nitrogens with zero attached hydrogens (tertiary/aromatic N) is 3. The Bertz CT molecular complexity index is 668. The van der Waals surface area contributed by atoms with Gasteiger partial charge in [-0.2, -0.15) is 5.26 Å². The number of hydrogen-bond acceptors (Lipinski definition) is 5. The van der Waals surface area contributed by atoms with Gasteiger partial charge in [-0.15, -0.1) is 0 Å². The molecule has 1 heterocycles. The smallest absolute Gasteiger partial charge is 0.332 e. The van der Waals surface area contributed by atoms with Crippen molar-refractivity contribution < 1.29 is 4.74 Å². The minimum Gasteiger partial charge on any atom is -0.381 e. The topological polar surface area (TPSA) is 89.1 Å². The molecule has 1 aromatic rings. The van der Waals surface area contributed by atoms with E-state index in [9.17, 15) is 9.59 Å². The predicted octanol–water partition coefficient (Wildman–Crippen LogP) is -0.0649. The molecule has 0 saturated heterocycles. The molecule has 0 amide bonds. The summed E-state index contributed by atoms with van der Waals surface area (Å²) >= 11 is 0. The van der Waals surface area contributed by atoms with Crippen molar-refractivity contribution in [3.05, 3.63) is 26.4 Å². The van der Waals surface area contributed by atoms with Gasteiger partial charge in [0.2, 0.25) is 0 Å². The van der Waals surface area contributed by atoms with Crippen molar-refractivity contribution in [3.8, 4) is 6.07 Å². The second-order valence-electron chi connectivity index (χ2n) is 5.05. The lowest BCUT2D eigenvalue weighted by Gasteiger charge is -2.18. The van der Waals surface area contributed by atoms with Crippen LogP contribution in [0, 0.1) is 11.3 Å². The first-order valence-electron chi connectivity index (χ1n) is 6.49. The van der Waals surface area contributed by atoms with Crippen LogP contribution in [-0.4, -0.2) is 28.4 Å². The zero-order chi connectivity index (χ0) is 14.9. The summed E-state index contributed by atoms with van der Waals surface area (Å²) in [5, 5.41) is 12.3. The number of aromatic nitrogens is 2. The SMILES string of the molecule is COC1CCC(Nc2c(C#N)c(=O)n(C)c(=O)n2C)C1. The lowest BCUT2D eigenvalue weighted by atomic mass is 10.2. The van der Waals surface area contributed by atoms with Crippen molar-refractivity contribution in [1.29, 1.82) is 5.26 Å². The maximum absolute atomic E-state index is 12.0. The number of nitriles is 1. The number of hydrogen-bond donors (Lipinski definition) is 1. The molecule has 1 aromatic heterocycles. The van der Waals surface area contributed by atoms with Crippen LogP contribution in [0.15, 0.2) is 9.59 Å². The highest BCUT2D eigenvalue weighted by Crippen LogP contribution is 2.24. The lowest BCUT2D eigenvalue weighted by molar-refractivity contribution is 0.108. The average molecular weight is 278 g/mol. The predicted molar refractivity (Wildman–Crippen MR) is 73.7 cm³/mol. The van der Waals surface area contributed by atoms with Crippen LogP contribution in [0.5, 0.6) is 0 Å². The van der Waals surface area contributed by atoms with Gasteiger partial charge in [0.15, 0.2) is 5.56 Å². The second-order valence-corrected chi connectivity index (χ2v) is 5.05. The van der Waals surface area contributed by atoms with E-state index >= 15 is 0 Å². The summed E-state index contributed by atoms with van der Waals surface area (Å²) < 4.78 is 7.54. The quantitative estimate of drug-likeness (QED) is 0.836. The molecule has 0 aromatic carbocycles. The van der Waals surface area contributed by atoms with E-state index in [1.807, 2.05) is 6.07 Å². The van der Waals surface area contributed by atoms with Crippen LogP contribution in [-0.2, 0) is 18.8 Å². The molecule has 108 valence electrons. The Balaban J connectivity index is 2.40. The van der Waals surface area contributed by atoms with Crippen LogP contribution in [0.4, 0.5) is 5.82 Å². The normalized spacial score (nSPS) is 21.7. The fourth-order valence-corrected chi connectivity index (χ4v) is 2.59. The monoisotopic (exact) mass is 278 g/mol. The highest BCUT2D eigenvalue weighted by Gasteiger charge is 2.26. The van der Waals surface area contributed by atoms with Crippen molar-refractivity contribution in [1.82, 2.24) is 9.13 Å². The molecule has 2 unspecified atom stereocenters. The first-order chi connectivity index (χ1) is 9.49. The van der Waals surface area contributed by atoms with E-state index < -0.39 is 11.2 Å². The standard InChI is InChI=1S/C13H18N4O3/c1-16-11(15-8-4-5-9(6-8)20-3)10(7-14)12(18)17(2)13(16)19/h8-9,15H,4-6H2,1-3H3. The molecular weight excluding hydrogens is 260 g/mol. The fraction of sp³-hybridized carbons (Fsp3) is 0.615. The van der Waals surface area contributed by atoms with Gasteiger partial charge in [0.1, 0.15) is 11.9 Å². The zero-order valence-corrected chi connectivity index (χ0v) is 11.8. The Morgan fingerprint density at radius 1 is 1.30 bits per heavy atom. The number of nitrogens with one attached hydrogen (secondary N) is 1. The maximum Gasteiger partial charge on any atom is 0.332 e. The molecule has 1 aliphatic carbocycles. The van der Waals surface area contributed by atoms with Gasteiger partial charge in [-0.05, 0) is 19.3 Å². The third-order valence-electron chi connectivity index (χ3n) is 3.84. The largest absolute Gasteiger partial charge is 0.381 e. The van der Waals surface area contributed by atoms with E-state index in [-0.39, 0.29) is 17.7 Å². The van der Waals surface area contributed by atoms with Crippen molar-refractivity contribution in [2.24, 2.45) is 14.1 Å². The molecule has 0 radical (unpaired) electrons. The Labute approximate surface area is 116 Å². The minimum absolute atomic E-state index is 0.0320. The molecule has 2 atom stereocenters. The third kappa shape index (κ3) is 2.34. The number of anilines is 1. The Morgan fingerprint density at radius 2 is 2.00 bits per heavy atom. The number of methoxy groups -OCH3 is 1. The first kappa shape index (κ1) is 14.3. The van der Waals surface area contributed by atoms with Crippen LogP contribution in [0.25, 0.3) is 0 Å². The van der Waals surface area contributed by atoms with E-state index in [0.717, 1.165) is 23.8 Å². The first-order valence-corrected chi connectivity index (χ1v) is 6.49. The average Bonchev–Trinajstić information content (AvgIpc) is 2.90. The molecule has 0 bridgehead atoms. The third-order valence-corrected chi connectivity index (χ3v) is 3.84. The maximum atomic E-state index is 12.0. The van der Waals surface area contributed by atoms with Gasteiger partial charge in [0.25, 0.3) is 5.56 Å². The fourth-order valence-electron chi connectivity index (χ4n) is 2.59. The molecule has 1 saturated carbocycles. The zero-order valence-electron chi connectivity index (χ0n) is 11.8. The van der Waals surface area contributed by atoms with Crippen LogP contribution in [0.3, 0.4) is 0 Å². The lowest BCUT2D eigenvalue weighted by Crippen LogP contribution is -2.40. The summed E-state index contributed by atoms with van der Waals surface area (Å²) in [7, 11) is 4.58. The van der Waals surface area contributed by atoms with Gasteiger partial charge in [-0.1, -0.05) is 0 Å². The van der Waals surface area contributed by atoms with E-state index in [2.05, 4.69) is 5.32 Å².